The quantitative estimate of drug-likeness (QED) is 0.682. The Morgan fingerprint density at radius 2 is 2.30 bits per heavy atom. The lowest BCUT2D eigenvalue weighted by Crippen LogP contribution is -2.48. The number of ether oxygens (including phenoxy) is 1. The van der Waals surface area contributed by atoms with Crippen molar-refractivity contribution in [3.8, 4) is 0 Å². The van der Waals surface area contributed by atoms with Gasteiger partial charge in [-0.15, -0.1) is 0 Å². The predicted molar refractivity (Wildman–Crippen MR) is 71.7 cm³/mol. The lowest BCUT2D eigenvalue weighted by Gasteiger charge is -2.37. The van der Waals surface area contributed by atoms with Crippen LogP contribution in [0.3, 0.4) is 0 Å². The van der Waals surface area contributed by atoms with Crippen molar-refractivity contribution in [2.75, 3.05) is 24.6 Å². The summed E-state index contributed by atoms with van der Waals surface area (Å²) in [5.41, 5.74) is -0.118. The Bertz CT molecular complexity index is 528. The summed E-state index contributed by atoms with van der Waals surface area (Å²) in [6.07, 6.45) is -0.684. The fraction of sp³-hybridized carbons (Fsp3) is 0.500. The van der Waals surface area contributed by atoms with Gasteiger partial charge in [0.1, 0.15) is 11.5 Å². The molecular weight excluding hydrogens is 291 g/mol. The Balaban J connectivity index is 2.40. The van der Waals surface area contributed by atoms with Crippen LogP contribution in [0.5, 0.6) is 0 Å². The number of aliphatic hydroxyl groups is 1. The summed E-state index contributed by atoms with van der Waals surface area (Å²) in [4.78, 5) is 12.1. The molecule has 1 heterocycles. The Morgan fingerprint density at radius 1 is 1.60 bits per heavy atom. The predicted octanol–water partition coefficient (Wildman–Crippen LogP) is 1.97. The monoisotopic (exact) mass is 304 g/mol. The second kappa shape index (κ2) is 5.90. The molecule has 1 N–H and O–H groups in total. The van der Waals surface area contributed by atoms with Gasteiger partial charge in [-0.3, -0.25) is 10.1 Å². The number of morpholine rings is 1. The normalized spacial score (nSPS) is 22.9. The lowest BCUT2D eigenvalue weighted by molar-refractivity contribution is -0.384. The molecule has 0 aliphatic carbocycles. The molecule has 1 saturated heterocycles. The van der Waals surface area contributed by atoms with Gasteiger partial charge in [-0.2, -0.15) is 0 Å². The van der Waals surface area contributed by atoms with Gasteiger partial charge in [-0.25, -0.2) is 4.39 Å². The van der Waals surface area contributed by atoms with Crippen molar-refractivity contribution >= 4 is 23.0 Å². The average Bonchev–Trinajstić information content (AvgIpc) is 2.40. The van der Waals surface area contributed by atoms with E-state index in [-0.39, 0.29) is 35.7 Å². The molecule has 2 atom stereocenters. The smallest absolute Gasteiger partial charge is 0.294 e. The first-order valence-corrected chi connectivity index (χ1v) is 6.45. The molecule has 1 aliphatic rings. The fourth-order valence-corrected chi connectivity index (χ4v) is 2.43. The topological polar surface area (TPSA) is 75.8 Å². The number of nitro benzene ring substituents is 1. The molecular formula is C12H14ClFN2O4. The zero-order chi connectivity index (χ0) is 14.9. The first-order valence-electron chi connectivity index (χ1n) is 6.07. The minimum Gasteiger partial charge on any atom is -0.394 e. The molecule has 0 aromatic heterocycles. The van der Waals surface area contributed by atoms with Crippen LogP contribution in [-0.2, 0) is 4.74 Å². The molecule has 20 heavy (non-hydrogen) atoms. The van der Waals surface area contributed by atoms with E-state index >= 15 is 0 Å². The third kappa shape index (κ3) is 3.00. The summed E-state index contributed by atoms with van der Waals surface area (Å²) in [6.45, 7) is 2.21. The highest BCUT2D eigenvalue weighted by molar-refractivity contribution is 6.31. The van der Waals surface area contributed by atoms with E-state index in [1.54, 1.807) is 11.8 Å². The van der Waals surface area contributed by atoms with Gasteiger partial charge in [0.15, 0.2) is 0 Å². The first-order chi connectivity index (χ1) is 9.42. The molecule has 0 spiro atoms. The lowest BCUT2D eigenvalue weighted by atomic mass is 10.1. The van der Waals surface area contributed by atoms with Gasteiger partial charge < -0.3 is 14.7 Å². The number of anilines is 1. The number of aliphatic hydroxyl groups excluding tert-OH is 1. The van der Waals surface area contributed by atoms with E-state index < -0.39 is 16.8 Å². The van der Waals surface area contributed by atoms with Crippen LogP contribution in [0, 0.1) is 15.9 Å². The number of hydrogen-bond donors (Lipinski definition) is 1. The Kier molecular flexibility index (Phi) is 4.42. The van der Waals surface area contributed by atoms with Gasteiger partial charge in [0, 0.05) is 25.2 Å². The molecule has 1 aromatic rings. The van der Waals surface area contributed by atoms with E-state index in [0.717, 1.165) is 12.1 Å². The highest BCUT2D eigenvalue weighted by Gasteiger charge is 2.30. The van der Waals surface area contributed by atoms with Gasteiger partial charge in [0.25, 0.3) is 5.69 Å². The van der Waals surface area contributed by atoms with Crippen molar-refractivity contribution in [2.45, 2.75) is 19.1 Å². The van der Waals surface area contributed by atoms with Crippen LogP contribution < -0.4 is 4.90 Å². The molecule has 2 rings (SSSR count). The highest BCUT2D eigenvalue weighted by atomic mass is 35.5. The number of nitro groups is 1. The van der Waals surface area contributed by atoms with E-state index in [0.29, 0.717) is 6.54 Å². The summed E-state index contributed by atoms with van der Waals surface area (Å²) in [7, 11) is 0. The van der Waals surface area contributed by atoms with Crippen LogP contribution >= 0.6 is 11.6 Å². The van der Waals surface area contributed by atoms with Gasteiger partial charge in [-0.05, 0) is 6.92 Å². The van der Waals surface area contributed by atoms with Gasteiger partial charge >= 0.3 is 0 Å². The molecule has 1 fully saturated rings. The van der Waals surface area contributed by atoms with Crippen molar-refractivity contribution in [2.24, 2.45) is 0 Å². The Morgan fingerprint density at radius 3 is 2.90 bits per heavy atom. The third-order valence-corrected chi connectivity index (χ3v) is 3.37. The Hall–Kier alpha value is -1.44. The van der Waals surface area contributed by atoms with Crippen molar-refractivity contribution in [3.05, 3.63) is 33.1 Å². The molecule has 0 saturated carbocycles. The molecule has 110 valence electrons. The molecule has 0 amide bonds. The number of benzene rings is 1. The Labute approximate surface area is 119 Å². The van der Waals surface area contributed by atoms with E-state index in [9.17, 15) is 14.5 Å². The summed E-state index contributed by atoms with van der Waals surface area (Å²) in [5.74, 6) is -0.716. The zero-order valence-corrected chi connectivity index (χ0v) is 11.5. The van der Waals surface area contributed by atoms with E-state index in [1.807, 2.05) is 0 Å². The molecule has 0 radical (unpaired) electrons. The number of rotatable bonds is 3. The van der Waals surface area contributed by atoms with Crippen LogP contribution in [0.2, 0.25) is 5.02 Å². The minimum atomic E-state index is -0.716. The van der Waals surface area contributed by atoms with E-state index in [1.165, 1.54) is 0 Å². The van der Waals surface area contributed by atoms with E-state index in [2.05, 4.69) is 0 Å². The molecule has 2 unspecified atom stereocenters. The average molecular weight is 305 g/mol. The second-order valence-electron chi connectivity index (χ2n) is 4.67. The van der Waals surface area contributed by atoms with Crippen LogP contribution in [-0.4, -0.2) is 41.9 Å². The summed E-state index contributed by atoms with van der Waals surface area (Å²) in [6, 6.07) is 2.05. The van der Waals surface area contributed by atoms with Crippen molar-refractivity contribution < 1.29 is 19.2 Å². The van der Waals surface area contributed by atoms with Gasteiger partial charge in [-0.1, -0.05) is 11.6 Å². The third-order valence-electron chi connectivity index (χ3n) is 3.08. The standard InChI is InChI=1S/C12H14ClFN2O4/c1-7-4-15(5-8(6-17)20-7)11-3-10(14)9(13)2-12(11)16(18)19/h2-3,7-8,17H,4-6H2,1H3. The number of hydrogen-bond acceptors (Lipinski definition) is 5. The van der Waals surface area contributed by atoms with Crippen molar-refractivity contribution in [3.63, 3.8) is 0 Å². The van der Waals surface area contributed by atoms with Gasteiger partial charge in [0.2, 0.25) is 0 Å². The summed E-state index contributed by atoms with van der Waals surface area (Å²) in [5, 5.41) is 20.0. The van der Waals surface area contributed by atoms with E-state index in [4.69, 9.17) is 21.4 Å². The first kappa shape index (κ1) is 15.0. The minimum absolute atomic E-state index is 0.144. The van der Waals surface area contributed by atoms with Crippen LogP contribution in [0.4, 0.5) is 15.8 Å². The molecule has 6 nitrogen and oxygen atoms in total. The summed E-state index contributed by atoms with van der Waals surface area (Å²) < 4.78 is 19.1. The molecule has 1 aromatic carbocycles. The van der Waals surface area contributed by atoms with Gasteiger partial charge in [0.05, 0.1) is 28.8 Å². The largest absolute Gasteiger partial charge is 0.394 e. The van der Waals surface area contributed by atoms with Crippen LogP contribution in [0.1, 0.15) is 6.92 Å². The molecule has 8 heteroatoms. The maximum absolute atomic E-state index is 13.6. The number of halogens is 2. The molecule has 1 aliphatic heterocycles. The van der Waals surface area contributed by atoms with Crippen LogP contribution in [0.15, 0.2) is 12.1 Å². The maximum Gasteiger partial charge on any atom is 0.294 e. The van der Waals surface area contributed by atoms with Crippen LogP contribution in [0.25, 0.3) is 0 Å². The zero-order valence-electron chi connectivity index (χ0n) is 10.8. The number of nitrogens with zero attached hydrogens (tertiary/aromatic N) is 2. The highest BCUT2D eigenvalue weighted by Crippen LogP contribution is 2.34. The maximum atomic E-state index is 13.6. The fourth-order valence-electron chi connectivity index (χ4n) is 2.27. The van der Waals surface area contributed by atoms with Crippen molar-refractivity contribution in [1.82, 2.24) is 0 Å². The SMILES string of the molecule is CC1CN(c2cc(F)c(Cl)cc2[N+](=O)[O-])CC(CO)O1. The molecule has 0 bridgehead atoms. The van der Waals surface area contributed by atoms with Crippen molar-refractivity contribution in [1.29, 1.82) is 0 Å². The summed E-state index contributed by atoms with van der Waals surface area (Å²) >= 11 is 5.59. The second-order valence-corrected chi connectivity index (χ2v) is 5.08.